The number of aliphatic hydroxyl groups is 1. The minimum absolute atomic E-state index is 0.125. The summed E-state index contributed by atoms with van der Waals surface area (Å²) in [4.78, 5) is 85.7. The third kappa shape index (κ3) is 10.8. The highest BCUT2D eigenvalue weighted by Gasteiger charge is 2.27. The van der Waals surface area contributed by atoms with Crippen molar-refractivity contribution in [1.82, 2.24) is 20.9 Å². The van der Waals surface area contributed by atoms with Crippen molar-refractivity contribution >= 4 is 47.0 Å². The van der Waals surface area contributed by atoms with Gasteiger partial charge in [-0.25, -0.2) is 0 Å². The van der Waals surface area contributed by atoms with Gasteiger partial charge in [-0.15, -0.1) is 0 Å². The van der Waals surface area contributed by atoms with E-state index >= 15 is 0 Å². The van der Waals surface area contributed by atoms with Crippen molar-refractivity contribution < 1.29 is 38.7 Å². The molecule has 2 rings (SSSR count). The normalized spacial score (nSPS) is 14.7. The molecule has 0 aliphatic carbocycles. The van der Waals surface area contributed by atoms with Crippen LogP contribution in [0.1, 0.15) is 51.5 Å². The van der Waals surface area contributed by atoms with E-state index < -0.39 is 48.2 Å². The highest BCUT2D eigenvalue weighted by Crippen LogP contribution is 2.11. The Labute approximate surface area is 237 Å². The summed E-state index contributed by atoms with van der Waals surface area (Å²) in [6, 6.07) is 2.88. The Balaban J connectivity index is 1.77. The summed E-state index contributed by atoms with van der Waals surface area (Å²) in [5.74, 6) is -4.02. The molecule has 3 atom stereocenters. The molecule has 7 amide bonds. The van der Waals surface area contributed by atoms with Crippen molar-refractivity contribution in [2.75, 3.05) is 11.9 Å². The van der Waals surface area contributed by atoms with Crippen molar-refractivity contribution in [3.63, 3.8) is 0 Å². The molecule has 0 aromatic heterocycles. The monoisotopic (exact) mass is 572 g/mol. The van der Waals surface area contributed by atoms with Crippen LogP contribution in [-0.2, 0) is 40.2 Å². The standard InChI is InChI=1S/C27H36N6O8/c1-16(29-22(36)6-4-3-5-13-33-23(37)11-12-24(33)38)25(39)30-17(2)26(40)32-20(14-21(28)35)27(41)31-19-9-7-18(15-34)8-10-19/h7-12,16-17,20,34H,3-6,13-15H2,1-2H3,(H2,28,35)(H,29,36)(H,30,39)(H,31,41)(H,32,40)/t16-,17-,20-/m0/s1. The van der Waals surface area contributed by atoms with E-state index in [1.807, 2.05) is 0 Å². The number of nitrogens with two attached hydrogens (primary N) is 1. The van der Waals surface area contributed by atoms with Crippen LogP contribution in [-0.4, -0.2) is 76.0 Å². The summed E-state index contributed by atoms with van der Waals surface area (Å²) < 4.78 is 0. The lowest BCUT2D eigenvalue weighted by Gasteiger charge is -2.22. The molecule has 0 unspecified atom stereocenters. The van der Waals surface area contributed by atoms with Gasteiger partial charge in [0.25, 0.3) is 11.8 Å². The second-order valence-corrected chi connectivity index (χ2v) is 9.57. The number of carbonyl (C=O) groups excluding carboxylic acids is 7. The molecule has 0 saturated carbocycles. The number of unbranched alkanes of at least 4 members (excludes halogenated alkanes) is 2. The first-order valence-corrected chi connectivity index (χ1v) is 13.1. The van der Waals surface area contributed by atoms with E-state index in [-0.39, 0.29) is 37.3 Å². The van der Waals surface area contributed by atoms with Crippen LogP contribution in [0.4, 0.5) is 5.69 Å². The zero-order chi connectivity index (χ0) is 30.5. The molecule has 222 valence electrons. The summed E-state index contributed by atoms with van der Waals surface area (Å²) in [6.45, 7) is 2.91. The minimum Gasteiger partial charge on any atom is -0.392 e. The molecule has 41 heavy (non-hydrogen) atoms. The number of hydrogen-bond donors (Lipinski definition) is 6. The predicted molar refractivity (Wildman–Crippen MR) is 146 cm³/mol. The Hall–Kier alpha value is -4.59. The van der Waals surface area contributed by atoms with Gasteiger partial charge in [-0.2, -0.15) is 0 Å². The highest BCUT2D eigenvalue weighted by molar-refractivity contribution is 6.12. The molecule has 0 bridgehead atoms. The minimum atomic E-state index is -1.31. The summed E-state index contributed by atoms with van der Waals surface area (Å²) in [6.07, 6.45) is 3.68. The van der Waals surface area contributed by atoms with Gasteiger partial charge < -0.3 is 32.1 Å². The number of nitrogens with one attached hydrogen (secondary N) is 4. The Morgan fingerprint density at radius 3 is 2.00 bits per heavy atom. The zero-order valence-corrected chi connectivity index (χ0v) is 23.0. The molecular formula is C27H36N6O8. The smallest absolute Gasteiger partial charge is 0.253 e. The average molecular weight is 573 g/mol. The average Bonchev–Trinajstić information content (AvgIpc) is 3.24. The van der Waals surface area contributed by atoms with Crippen LogP contribution in [0.3, 0.4) is 0 Å². The van der Waals surface area contributed by atoms with Gasteiger partial charge in [0, 0.05) is 30.8 Å². The third-order valence-electron chi connectivity index (χ3n) is 6.15. The van der Waals surface area contributed by atoms with Crippen molar-refractivity contribution in [3.05, 3.63) is 42.0 Å². The van der Waals surface area contributed by atoms with Gasteiger partial charge in [0.2, 0.25) is 29.5 Å². The quantitative estimate of drug-likeness (QED) is 0.106. The number of carbonyl (C=O) groups is 7. The summed E-state index contributed by atoms with van der Waals surface area (Å²) in [5, 5.41) is 19.1. The molecule has 0 saturated heterocycles. The largest absolute Gasteiger partial charge is 0.392 e. The van der Waals surface area contributed by atoms with Gasteiger partial charge in [0.15, 0.2) is 0 Å². The van der Waals surface area contributed by atoms with E-state index in [0.717, 1.165) is 4.90 Å². The zero-order valence-electron chi connectivity index (χ0n) is 23.0. The van der Waals surface area contributed by atoms with Gasteiger partial charge in [0.1, 0.15) is 18.1 Å². The van der Waals surface area contributed by atoms with Gasteiger partial charge in [-0.3, -0.25) is 38.5 Å². The van der Waals surface area contributed by atoms with E-state index in [2.05, 4.69) is 21.3 Å². The number of nitrogens with zero attached hydrogens (tertiary/aromatic N) is 1. The van der Waals surface area contributed by atoms with E-state index in [9.17, 15) is 33.6 Å². The van der Waals surface area contributed by atoms with Crippen LogP contribution in [0.25, 0.3) is 0 Å². The maximum Gasteiger partial charge on any atom is 0.253 e. The molecule has 1 aromatic carbocycles. The van der Waals surface area contributed by atoms with Gasteiger partial charge >= 0.3 is 0 Å². The molecule has 7 N–H and O–H groups in total. The van der Waals surface area contributed by atoms with Gasteiger partial charge in [-0.1, -0.05) is 18.6 Å². The molecule has 0 spiro atoms. The molecule has 1 aromatic rings. The van der Waals surface area contributed by atoms with Crippen LogP contribution >= 0.6 is 0 Å². The van der Waals surface area contributed by atoms with Crippen LogP contribution in [0.5, 0.6) is 0 Å². The van der Waals surface area contributed by atoms with E-state index in [0.29, 0.717) is 30.5 Å². The second-order valence-electron chi connectivity index (χ2n) is 9.57. The summed E-state index contributed by atoms with van der Waals surface area (Å²) >= 11 is 0. The van der Waals surface area contributed by atoms with Crippen LogP contribution < -0.4 is 27.0 Å². The van der Waals surface area contributed by atoms with Crippen molar-refractivity contribution in [2.45, 2.75) is 70.7 Å². The summed E-state index contributed by atoms with van der Waals surface area (Å²) in [5.41, 5.74) is 6.23. The van der Waals surface area contributed by atoms with Crippen LogP contribution in [0.15, 0.2) is 36.4 Å². The lowest BCUT2D eigenvalue weighted by atomic mass is 10.1. The fraction of sp³-hybridized carbons (Fsp3) is 0.444. The number of benzene rings is 1. The first kappa shape index (κ1) is 32.6. The molecule has 1 aliphatic rings. The fourth-order valence-corrected chi connectivity index (χ4v) is 3.80. The molecule has 14 heteroatoms. The first-order chi connectivity index (χ1) is 19.4. The fourth-order valence-electron chi connectivity index (χ4n) is 3.80. The second kappa shape index (κ2) is 15.9. The number of aliphatic hydroxyl groups excluding tert-OH is 1. The number of anilines is 1. The van der Waals surface area contributed by atoms with Gasteiger partial charge in [-0.05, 0) is 44.4 Å². The highest BCUT2D eigenvalue weighted by atomic mass is 16.3. The number of hydrogen-bond acceptors (Lipinski definition) is 8. The Bertz CT molecular complexity index is 1160. The number of primary amides is 1. The lowest BCUT2D eigenvalue weighted by Crippen LogP contribution is -2.55. The van der Waals surface area contributed by atoms with E-state index in [1.165, 1.54) is 26.0 Å². The maximum atomic E-state index is 12.7. The molecule has 1 aliphatic heterocycles. The van der Waals surface area contributed by atoms with Crippen molar-refractivity contribution in [3.8, 4) is 0 Å². The SMILES string of the molecule is C[C@H](NC(=O)CCCCCN1C(=O)C=CC1=O)C(=O)N[C@@H](C)C(=O)N[C@@H](CC(N)=O)C(=O)Nc1ccc(CO)cc1. The van der Waals surface area contributed by atoms with Crippen molar-refractivity contribution in [1.29, 1.82) is 0 Å². The van der Waals surface area contributed by atoms with E-state index in [4.69, 9.17) is 10.8 Å². The Morgan fingerprint density at radius 1 is 0.829 bits per heavy atom. The summed E-state index contributed by atoms with van der Waals surface area (Å²) in [7, 11) is 0. The Kier molecular flexibility index (Phi) is 12.6. The predicted octanol–water partition coefficient (Wildman–Crippen LogP) is -1.03. The number of amides is 7. The number of rotatable bonds is 16. The van der Waals surface area contributed by atoms with Crippen LogP contribution in [0, 0.1) is 0 Å². The molecule has 1 heterocycles. The first-order valence-electron chi connectivity index (χ1n) is 13.1. The molecular weight excluding hydrogens is 536 g/mol. The van der Waals surface area contributed by atoms with E-state index in [1.54, 1.807) is 24.3 Å². The third-order valence-corrected chi connectivity index (χ3v) is 6.15. The maximum absolute atomic E-state index is 12.7. The van der Waals surface area contributed by atoms with Crippen molar-refractivity contribution in [2.24, 2.45) is 5.73 Å². The molecule has 0 fully saturated rings. The molecule has 14 nitrogen and oxygen atoms in total. The molecule has 0 radical (unpaired) electrons. The van der Waals surface area contributed by atoms with Gasteiger partial charge in [0.05, 0.1) is 13.0 Å². The topological polar surface area (TPSA) is 217 Å². The van der Waals surface area contributed by atoms with Crippen LogP contribution in [0.2, 0.25) is 0 Å². The lowest BCUT2D eigenvalue weighted by molar-refractivity contribution is -0.137. The number of imide groups is 1. The Morgan fingerprint density at radius 2 is 1.41 bits per heavy atom.